The number of aromatic nitrogens is 1. The number of rotatable bonds is 8. The number of pyridine rings is 1. The molecule has 5 nitrogen and oxygen atoms in total. The van der Waals surface area contributed by atoms with Gasteiger partial charge >= 0.3 is 6.03 Å². The van der Waals surface area contributed by atoms with Crippen molar-refractivity contribution in [1.82, 2.24) is 15.2 Å². The van der Waals surface area contributed by atoms with Crippen LogP contribution in [0.15, 0.2) is 48.8 Å². The smallest absolute Gasteiger partial charge is 0.320 e. The van der Waals surface area contributed by atoms with Crippen molar-refractivity contribution in [3.05, 3.63) is 59.9 Å². The van der Waals surface area contributed by atoms with Gasteiger partial charge in [-0.05, 0) is 55.5 Å². The molecule has 2 aromatic rings. The predicted octanol–water partition coefficient (Wildman–Crippen LogP) is 4.20. The summed E-state index contributed by atoms with van der Waals surface area (Å²) in [7, 11) is 0. The number of para-hydroxylation sites is 1. The van der Waals surface area contributed by atoms with Crippen LogP contribution >= 0.6 is 0 Å². The van der Waals surface area contributed by atoms with E-state index in [1.165, 1.54) is 5.56 Å². The van der Waals surface area contributed by atoms with Crippen LogP contribution in [0.4, 0.5) is 4.79 Å². The zero-order valence-electron chi connectivity index (χ0n) is 16.1. The summed E-state index contributed by atoms with van der Waals surface area (Å²) in [6.07, 6.45) is 3.94. The summed E-state index contributed by atoms with van der Waals surface area (Å²) >= 11 is 0. The molecule has 0 spiro atoms. The van der Waals surface area contributed by atoms with E-state index in [0.29, 0.717) is 19.0 Å². The van der Waals surface area contributed by atoms with E-state index in [-0.39, 0.29) is 6.03 Å². The van der Waals surface area contributed by atoms with Crippen molar-refractivity contribution >= 4 is 6.03 Å². The van der Waals surface area contributed by atoms with Crippen molar-refractivity contribution in [3.8, 4) is 5.75 Å². The van der Waals surface area contributed by atoms with Crippen LogP contribution in [0.25, 0.3) is 0 Å². The fourth-order valence-electron chi connectivity index (χ4n) is 2.77. The van der Waals surface area contributed by atoms with Gasteiger partial charge in [-0.25, -0.2) is 4.79 Å². The molecule has 1 unspecified atom stereocenters. The predicted molar refractivity (Wildman–Crippen MR) is 104 cm³/mol. The summed E-state index contributed by atoms with van der Waals surface area (Å²) < 4.78 is 5.97. The largest absolute Gasteiger partial charge is 0.471 e. The summed E-state index contributed by atoms with van der Waals surface area (Å²) in [6.45, 7) is 9.39. The maximum Gasteiger partial charge on any atom is 0.320 e. The molecule has 0 radical (unpaired) electrons. The van der Waals surface area contributed by atoms with E-state index in [0.717, 1.165) is 17.7 Å². The zero-order chi connectivity index (χ0) is 18.9. The average Bonchev–Trinajstić information content (AvgIpc) is 2.63. The summed E-state index contributed by atoms with van der Waals surface area (Å²) in [5.74, 6) is 1.18. The van der Waals surface area contributed by atoms with Crippen molar-refractivity contribution < 1.29 is 9.53 Å². The van der Waals surface area contributed by atoms with Crippen molar-refractivity contribution in [2.45, 2.75) is 46.3 Å². The van der Waals surface area contributed by atoms with Crippen molar-refractivity contribution in [2.24, 2.45) is 0 Å². The van der Waals surface area contributed by atoms with Crippen molar-refractivity contribution in [1.29, 1.82) is 0 Å². The minimum absolute atomic E-state index is 0.115. The van der Waals surface area contributed by atoms with E-state index in [1.54, 1.807) is 17.3 Å². The average molecular weight is 355 g/mol. The third-order valence-corrected chi connectivity index (χ3v) is 4.26. The monoisotopic (exact) mass is 355 g/mol. The first-order valence-electron chi connectivity index (χ1n) is 9.21. The molecule has 2 amide bonds. The Balaban J connectivity index is 1.90. The standard InChI is InChI=1S/C21H29N3O2/c1-5-24(15-12-18-10-13-22-14-11-18)21(25)23-17(4)26-20-9-7-6-8-19(20)16(2)3/h6-11,13-14,16-17H,5,12,15H2,1-4H3,(H,23,25). The van der Waals surface area contributed by atoms with E-state index in [9.17, 15) is 4.79 Å². The number of carbonyl (C=O) groups is 1. The van der Waals surface area contributed by atoms with Crippen LogP contribution < -0.4 is 10.1 Å². The van der Waals surface area contributed by atoms with Gasteiger partial charge in [-0.3, -0.25) is 4.98 Å². The second-order valence-electron chi connectivity index (χ2n) is 6.59. The number of ether oxygens (including phenoxy) is 1. The van der Waals surface area contributed by atoms with Crippen LogP contribution in [0.3, 0.4) is 0 Å². The van der Waals surface area contributed by atoms with Gasteiger partial charge in [0.2, 0.25) is 0 Å². The summed E-state index contributed by atoms with van der Waals surface area (Å²) in [5.41, 5.74) is 2.31. The summed E-state index contributed by atoms with van der Waals surface area (Å²) in [5, 5.41) is 2.93. The number of nitrogens with one attached hydrogen (secondary N) is 1. The molecule has 0 aliphatic rings. The third-order valence-electron chi connectivity index (χ3n) is 4.26. The van der Waals surface area contributed by atoms with Crippen LogP contribution in [-0.4, -0.2) is 35.2 Å². The van der Waals surface area contributed by atoms with E-state index in [2.05, 4.69) is 30.2 Å². The molecule has 1 aromatic heterocycles. The number of urea groups is 1. The van der Waals surface area contributed by atoms with Gasteiger partial charge in [-0.2, -0.15) is 0 Å². The number of hydrogen-bond donors (Lipinski definition) is 1. The Morgan fingerprint density at radius 1 is 1.15 bits per heavy atom. The van der Waals surface area contributed by atoms with Crippen LogP contribution in [0.2, 0.25) is 0 Å². The van der Waals surface area contributed by atoms with Crippen LogP contribution in [0.1, 0.15) is 44.7 Å². The van der Waals surface area contributed by atoms with Crippen LogP contribution in [-0.2, 0) is 6.42 Å². The Morgan fingerprint density at radius 3 is 2.50 bits per heavy atom. The van der Waals surface area contributed by atoms with Gasteiger partial charge in [0.1, 0.15) is 5.75 Å². The lowest BCUT2D eigenvalue weighted by Gasteiger charge is -2.25. The Morgan fingerprint density at radius 2 is 1.85 bits per heavy atom. The number of amides is 2. The maximum absolute atomic E-state index is 12.5. The highest BCUT2D eigenvalue weighted by Crippen LogP contribution is 2.26. The number of benzene rings is 1. The normalized spacial score (nSPS) is 11.9. The minimum atomic E-state index is -0.405. The second-order valence-corrected chi connectivity index (χ2v) is 6.59. The Labute approximate surface area is 156 Å². The van der Waals surface area contributed by atoms with Gasteiger partial charge in [0.15, 0.2) is 6.23 Å². The molecular weight excluding hydrogens is 326 g/mol. The van der Waals surface area contributed by atoms with Gasteiger partial charge in [0, 0.05) is 25.5 Å². The van der Waals surface area contributed by atoms with E-state index in [1.807, 2.05) is 44.2 Å². The quantitative estimate of drug-likeness (QED) is 0.722. The number of nitrogens with zero attached hydrogens (tertiary/aromatic N) is 2. The van der Waals surface area contributed by atoms with Gasteiger partial charge in [0.25, 0.3) is 0 Å². The molecular formula is C21H29N3O2. The van der Waals surface area contributed by atoms with Gasteiger partial charge in [0.05, 0.1) is 0 Å². The van der Waals surface area contributed by atoms with Crippen molar-refractivity contribution in [2.75, 3.05) is 13.1 Å². The zero-order valence-corrected chi connectivity index (χ0v) is 16.1. The third kappa shape index (κ3) is 5.76. The molecule has 1 aromatic carbocycles. The SMILES string of the molecule is CCN(CCc1ccncc1)C(=O)NC(C)Oc1ccccc1C(C)C. The lowest BCUT2D eigenvalue weighted by Crippen LogP contribution is -2.46. The first-order chi connectivity index (χ1) is 12.5. The molecule has 0 saturated heterocycles. The van der Waals surface area contributed by atoms with E-state index in [4.69, 9.17) is 4.74 Å². The first-order valence-corrected chi connectivity index (χ1v) is 9.21. The fourth-order valence-corrected chi connectivity index (χ4v) is 2.77. The highest BCUT2D eigenvalue weighted by molar-refractivity contribution is 5.74. The van der Waals surface area contributed by atoms with Gasteiger partial charge in [-0.1, -0.05) is 32.0 Å². The molecule has 0 bridgehead atoms. The van der Waals surface area contributed by atoms with Gasteiger partial charge in [-0.15, -0.1) is 0 Å². The summed E-state index contributed by atoms with van der Waals surface area (Å²) in [6, 6.07) is 11.8. The molecule has 140 valence electrons. The maximum atomic E-state index is 12.5. The van der Waals surface area contributed by atoms with E-state index >= 15 is 0 Å². The Kier molecular flexibility index (Phi) is 7.45. The lowest BCUT2D eigenvalue weighted by molar-refractivity contribution is 0.153. The lowest BCUT2D eigenvalue weighted by atomic mass is 10.0. The molecule has 1 atom stereocenters. The Bertz CT molecular complexity index is 689. The molecule has 1 N–H and O–H groups in total. The topological polar surface area (TPSA) is 54.5 Å². The molecule has 0 saturated carbocycles. The van der Waals surface area contributed by atoms with Crippen molar-refractivity contribution in [3.63, 3.8) is 0 Å². The Hall–Kier alpha value is -2.56. The van der Waals surface area contributed by atoms with Gasteiger partial charge < -0.3 is 15.0 Å². The highest BCUT2D eigenvalue weighted by Gasteiger charge is 2.16. The highest BCUT2D eigenvalue weighted by atomic mass is 16.5. The molecule has 0 fully saturated rings. The fraction of sp³-hybridized carbons (Fsp3) is 0.429. The molecule has 1 heterocycles. The number of carbonyl (C=O) groups excluding carboxylic acids is 1. The molecule has 2 rings (SSSR count). The first kappa shape index (κ1) is 19.8. The minimum Gasteiger partial charge on any atom is -0.471 e. The summed E-state index contributed by atoms with van der Waals surface area (Å²) in [4.78, 5) is 18.3. The molecule has 0 aliphatic heterocycles. The second kappa shape index (κ2) is 9.80. The molecule has 0 aliphatic carbocycles. The molecule has 26 heavy (non-hydrogen) atoms. The van der Waals surface area contributed by atoms with E-state index < -0.39 is 6.23 Å². The molecule has 5 heteroatoms. The number of likely N-dealkylation sites (N-methyl/N-ethyl adjacent to an activating group) is 1. The van der Waals surface area contributed by atoms with Crippen LogP contribution in [0.5, 0.6) is 5.75 Å². The number of hydrogen-bond acceptors (Lipinski definition) is 3. The van der Waals surface area contributed by atoms with Crippen LogP contribution in [0, 0.1) is 0 Å².